The van der Waals surface area contributed by atoms with Crippen molar-refractivity contribution in [3.63, 3.8) is 0 Å². The molecule has 4 heteroatoms. The fourth-order valence-corrected chi connectivity index (χ4v) is 3.24. The molecule has 0 spiro atoms. The van der Waals surface area contributed by atoms with Crippen molar-refractivity contribution in [1.82, 2.24) is 0 Å². The minimum absolute atomic E-state index is 0.100. The summed E-state index contributed by atoms with van der Waals surface area (Å²) in [5.74, 6) is 0.642. The van der Waals surface area contributed by atoms with Gasteiger partial charge < -0.3 is 14.9 Å². The maximum Gasteiger partial charge on any atom is 0.186 e. The topological polar surface area (TPSA) is 66.8 Å². The first-order valence-corrected chi connectivity index (χ1v) is 9.45. The predicted molar refractivity (Wildman–Crippen MR) is 111 cm³/mol. The van der Waals surface area contributed by atoms with E-state index in [1.807, 2.05) is 0 Å². The Morgan fingerprint density at radius 2 is 1.89 bits per heavy atom. The van der Waals surface area contributed by atoms with Crippen molar-refractivity contribution < 1.29 is 19.7 Å². The van der Waals surface area contributed by atoms with Gasteiger partial charge in [0.1, 0.15) is 22.8 Å². The van der Waals surface area contributed by atoms with Gasteiger partial charge in [-0.2, -0.15) is 0 Å². The van der Waals surface area contributed by atoms with Crippen LogP contribution in [0.4, 0.5) is 0 Å². The maximum absolute atomic E-state index is 12.6. The van der Waals surface area contributed by atoms with Crippen LogP contribution in [0.5, 0.6) is 17.2 Å². The van der Waals surface area contributed by atoms with E-state index in [0.29, 0.717) is 17.7 Å². The number of carbonyl (C=O) groups is 1. The van der Waals surface area contributed by atoms with E-state index in [4.69, 9.17) is 4.74 Å². The number of aromatic hydroxyl groups is 2. The number of hydrogen-bond donors (Lipinski definition) is 2. The van der Waals surface area contributed by atoms with Gasteiger partial charge in [-0.25, -0.2) is 0 Å². The Balaban J connectivity index is 1.82. The first-order valence-electron chi connectivity index (χ1n) is 9.45. The molecule has 0 aromatic heterocycles. The highest BCUT2D eigenvalue weighted by Crippen LogP contribution is 2.40. The standard InChI is InChI=1S/C24H26O4/c1-16(2)10-12-24(3)13-11-20-22(27)14-18(15-23(20)28-24)21(26)9-6-17-4-7-19(25)8-5-17/h4-10,14-15,25,27H,11-13H2,1-3H3/b9-6+/t24-/m0/s1. The van der Waals surface area contributed by atoms with Gasteiger partial charge in [-0.3, -0.25) is 4.79 Å². The van der Waals surface area contributed by atoms with Crippen LogP contribution in [0.3, 0.4) is 0 Å². The third-order valence-electron chi connectivity index (χ3n) is 4.99. The number of fused-ring (bicyclic) bond motifs is 1. The fourth-order valence-electron chi connectivity index (χ4n) is 3.24. The van der Waals surface area contributed by atoms with Gasteiger partial charge in [-0.15, -0.1) is 0 Å². The fraction of sp³-hybridized carbons (Fsp3) is 0.292. The highest BCUT2D eigenvalue weighted by molar-refractivity contribution is 6.07. The van der Waals surface area contributed by atoms with Gasteiger partial charge in [0.2, 0.25) is 0 Å². The van der Waals surface area contributed by atoms with Crippen LogP contribution in [0.1, 0.15) is 55.1 Å². The monoisotopic (exact) mass is 378 g/mol. The molecule has 1 heterocycles. The van der Waals surface area contributed by atoms with Crippen LogP contribution in [0.15, 0.2) is 54.1 Å². The zero-order valence-electron chi connectivity index (χ0n) is 16.5. The molecule has 0 fully saturated rings. The number of benzene rings is 2. The zero-order chi connectivity index (χ0) is 20.3. The van der Waals surface area contributed by atoms with E-state index in [1.165, 1.54) is 17.7 Å². The highest BCUT2D eigenvalue weighted by Gasteiger charge is 2.32. The number of carbonyl (C=O) groups excluding carboxylic acids is 1. The van der Waals surface area contributed by atoms with E-state index in [9.17, 15) is 15.0 Å². The minimum atomic E-state index is -0.347. The summed E-state index contributed by atoms with van der Waals surface area (Å²) in [7, 11) is 0. The molecule has 146 valence electrons. The summed E-state index contributed by atoms with van der Waals surface area (Å²) >= 11 is 0. The van der Waals surface area contributed by atoms with Gasteiger partial charge in [-0.05, 0) is 69.5 Å². The van der Waals surface area contributed by atoms with E-state index in [1.54, 1.807) is 36.4 Å². The van der Waals surface area contributed by atoms with E-state index < -0.39 is 0 Å². The molecule has 0 aliphatic carbocycles. The Morgan fingerprint density at radius 3 is 2.57 bits per heavy atom. The van der Waals surface area contributed by atoms with Crippen LogP contribution in [-0.2, 0) is 6.42 Å². The summed E-state index contributed by atoms with van der Waals surface area (Å²) in [6, 6.07) is 9.80. The first-order chi connectivity index (χ1) is 13.3. The Bertz CT molecular complexity index is 934. The molecule has 2 aromatic carbocycles. The van der Waals surface area contributed by atoms with Crippen molar-refractivity contribution in [2.24, 2.45) is 0 Å². The number of phenolic OH excluding ortho intramolecular Hbond substituents is 2. The molecule has 2 N–H and O–H groups in total. The molecule has 3 rings (SSSR count). The molecule has 0 amide bonds. The molecule has 0 radical (unpaired) electrons. The first kappa shape index (κ1) is 19.7. The second kappa shape index (κ2) is 7.93. The van der Waals surface area contributed by atoms with Crippen molar-refractivity contribution in [1.29, 1.82) is 0 Å². The van der Waals surface area contributed by atoms with Gasteiger partial charge >= 0.3 is 0 Å². The maximum atomic E-state index is 12.6. The van der Waals surface area contributed by atoms with Gasteiger partial charge in [0.05, 0.1) is 0 Å². The summed E-state index contributed by atoms with van der Waals surface area (Å²) in [6.07, 6.45) is 7.60. The molecular weight excluding hydrogens is 352 g/mol. The molecule has 0 unspecified atom stereocenters. The lowest BCUT2D eigenvalue weighted by Gasteiger charge is -2.35. The van der Waals surface area contributed by atoms with Crippen LogP contribution in [0, 0.1) is 0 Å². The van der Waals surface area contributed by atoms with E-state index in [-0.39, 0.29) is 22.9 Å². The molecule has 1 atom stereocenters. The Kier molecular flexibility index (Phi) is 5.59. The molecule has 0 saturated heterocycles. The summed E-state index contributed by atoms with van der Waals surface area (Å²) in [5.41, 5.74) is 2.84. The van der Waals surface area contributed by atoms with Crippen LogP contribution in [0.2, 0.25) is 0 Å². The lowest BCUT2D eigenvalue weighted by molar-refractivity contribution is 0.0668. The second-order valence-corrected chi connectivity index (χ2v) is 7.80. The van der Waals surface area contributed by atoms with Crippen molar-refractivity contribution in [3.8, 4) is 17.2 Å². The Labute approximate surface area is 165 Å². The molecule has 2 aromatic rings. The number of ketones is 1. The number of allylic oxidation sites excluding steroid dienone is 2. The van der Waals surface area contributed by atoms with E-state index in [0.717, 1.165) is 24.0 Å². The summed E-state index contributed by atoms with van der Waals surface area (Å²) in [6.45, 7) is 6.18. The second-order valence-electron chi connectivity index (χ2n) is 7.80. The zero-order valence-corrected chi connectivity index (χ0v) is 16.5. The number of rotatable bonds is 5. The molecule has 28 heavy (non-hydrogen) atoms. The molecule has 1 aliphatic rings. The average Bonchev–Trinajstić information content (AvgIpc) is 2.65. The van der Waals surface area contributed by atoms with E-state index in [2.05, 4.69) is 26.8 Å². The number of hydrogen-bond acceptors (Lipinski definition) is 4. The molecule has 0 saturated carbocycles. The lowest BCUT2D eigenvalue weighted by atomic mass is 9.88. The Hall–Kier alpha value is -3.01. The molecule has 1 aliphatic heterocycles. The molecule has 0 bridgehead atoms. The van der Waals surface area contributed by atoms with Gasteiger partial charge in [0.25, 0.3) is 0 Å². The largest absolute Gasteiger partial charge is 0.508 e. The van der Waals surface area contributed by atoms with Crippen molar-refractivity contribution in [2.75, 3.05) is 0 Å². The quantitative estimate of drug-likeness (QED) is 0.413. The van der Waals surface area contributed by atoms with Gasteiger partial charge in [0.15, 0.2) is 5.78 Å². The van der Waals surface area contributed by atoms with Gasteiger partial charge in [-0.1, -0.05) is 29.9 Å². The van der Waals surface area contributed by atoms with Crippen LogP contribution < -0.4 is 4.74 Å². The third kappa shape index (κ3) is 4.63. The molecule has 4 nitrogen and oxygen atoms in total. The normalized spacial score (nSPS) is 18.4. The van der Waals surface area contributed by atoms with Crippen molar-refractivity contribution >= 4 is 11.9 Å². The summed E-state index contributed by atoms with van der Waals surface area (Å²) in [5, 5.41) is 19.7. The number of ether oxygens (including phenoxy) is 1. The van der Waals surface area contributed by atoms with Crippen LogP contribution in [0.25, 0.3) is 6.08 Å². The smallest absolute Gasteiger partial charge is 0.186 e. The van der Waals surface area contributed by atoms with Crippen LogP contribution >= 0.6 is 0 Å². The average molecular weight is 378 g/mol. The van der Waals surface area contributed by atoms with Crippen LogP contribution in [-0.4, -0.2) is 21.6 Å². The Morgan fingerprint density at radius 1 is 1.18 bits per heavy atom. The predicted octanol–water partition coefficient (Wildman–Crippen LogP) is 5.43. The SMILES string of the molecule is CC(C)=CC[C@@]1(C)CCc2c(O)cc(C(=O)/C=C/c3ccc(O)cc3)cc2O1. The van der Waals surface area contributed by atoms with Crippen molar-refractivity contribution in [3.05, 3.63) is 70.8 Å². The van der Waals surface area contributed by atoms with Crippen molar-refractivity contribution in [2.45, 2.75) is 45.6 Å². The van der Waals surface area contributed by atoms with Gasteiger partial charge in [0, 0.05) is 17.5 Å². The summed E-state index contributed by atoms with van der Waals surface area (Å²) < 4.78 is 6.21. The third-order valence-corrected chi connectivity index (χ3v) is 4.99. The highest BCUT2D eigenvalue weighted by atomic mass is 16.5. The number of phenols is 2. The minimum Gasteiger partial charge on any atom is -0.508 e. The molecular formula is C24H26O4. The lowest BCUT2D eigenvalue weighted by Crippen LogP contribution is -2.36. The summed E-state index contributed by atoms with van der Waals surface area (Å²) in [4.78, 5) is 12.6. The van der Waals surface area contributed by atoms with E-state index >= 15 is 0 Å².